The van der Waals surface area contributed by atoms with E-state index in [9.17, 15) is 9.18 Å². The van der Waals surface area contributed by atoms with E-state index >= 15 is 0 Å². The van der Waals surface area contributed by atoms with Crippen LogP contribution in [0.4, 0.5) is 4.39 Å². The van der Waals surface area contributed by atoms with Gasteiger partial charge in [0.25, 0.3) is 0 Å². The first-order valence-electron chi connectivity index (χ1n) is 10.7. The third kappa shape index (κ3) is 4.75. The molecule has 172 valence electrons. The first-order chi connectivity index (χ1) is 16.0. The molecule has 4 rings (SSSR count). The van der Waals surface area contributed by atoms with E-state index in [2.05, 4.69) is 4.99 Å². The lowest BCUT2D eigenvalue weighted by Crippen LogP contribution is -2.34. The number of hydrogen-bond acceptors (Lipinski definition) is 7. The Labute approximate surface area is 196 Å². The van der Waals surface area contributed by atoms with Crippen LogP contribution in [-0.4, -0.2) is 29.3 Å². The zero-order chi connectivity index (χ0) is 23.4. The molecule has 0 amide bonds. The van der Waals surface area contributed by atoms with Crippen LogP contribution in [0.2, 0.25) is 0 Å². The molecule has 2 aromatic carbocycles. The highest BCUT2D eigenvalue weighted by atomic mass is 32.2. The zero-order valence-electron chi connectivity index (χ0n) is 18.7. The van der Waals surface area contributed by atoms with E-state index in [1.807, 2.05) is 42.5 Å². The Hall–Kier alpha value is -3.26. The van der Waals surface area contributed by atoms with Gasteiger partial charge in [0.05, 0.1) is 30.5 Å². The Balaban J connectivity index is 1.69. The standard InChI is InChI=1S/C25H25FN2O4S/c1-4-30-21-14-17(10-11-20(21)32-15-18-8-6-7-9-19(18)26)23-22(24(29)31-5-2)16(3)27-25-28(23)12-13-33-25/h6-14,23H,4-5,15H2,1-3H3/t23-/m1/s1. The number of amidine groups is 1. The molecule has 0 aliphatic carbocycles. The van der Waals surface area contributed by atoms with E-state index in [1.165, 1.54) is 17.8 Å². The molecule has 0 N–H and O–H groups in total. The number of rotatable bonds is 8. The van der Waals surface area contributed by atoms with Gasteiger partial charge in [-0.25, -0.2) is 14.2 Å². The molecule has 0 saturated carbocycles. The molecule has 0 fully saturated rings. The van der Waals surface area contributed by atoms with Gasteiger partial charge in [-0.1, -0.05) is 36.0 Å². The van der Waals surface area contributed by atoms with Crippen molar-refractivity contribution in [2.24, 2.45) is 4.99 Å². The minimum atomic E-state index is -0.414. The van der Waals surface area contributed by atoms with Crippen LogP contribution in [0.3, 0.4) is 0 Å². The summed E-state index contributed by atoms with van der Waals surface area (Å²) in [6, 6.07) is 11.6. The molecule has 33 heavy (non-hydrogen) atoms. The molecule has 2 aliphatic heterocycles. The number of carbonyl (C=O) groups is 1. The van der Waals surface area contributed by atoms with E-state index in [4.69, 9.17) is 14.2 Å². The van der Waals surface area contributed by atoms with Gasteiger partial charge >= 0.3 is 5.97 Å². The van der Waals surface area contributed by atoms with Crippen molar-refractivity contribution in [2.45, 2.75) is 33.4 Å². The summed E-state index contributed by atoms with van der Waals surface area (Å²) in [7, 11) is 0. The van der Waals surface area contributed by atoms with Gasteiger partial charge in [-0.3, -0.25) is 0 Å². The summed E-state index contributed by atoms with van der Waals surface area (Å²) in [5.41, 5.74) is 2.40. The quantitative estimate of drug-likeness (QED) is 0.472. The lowest BCUT2D eigenvalue weighted by atomic mass is 9.94. The van der Waals surface area contributed by atoms with Crippen LogP contribution in [0.15, 0.2) is 70.3 Å². The van der Waals surface area contributed by atoms with Gasteiger partial charge in [-0.2, -0.15) is 0 Å². The maximum absolute atomic E-state index is 14.0. The van der Waals surface area contributed by atoms with Crippen LogP contribution >= 0.6 is 11.8 Å². The zero-order valence-corrected chi connectivity index (χ0v) is 19.5. The van der Waals surface area contributed by atoms with Gasteiger partial charge in [-0.05, 0) is 49.9 Å². The molecule has 0 bridgehead atoms. The van der Waals surface area contributed by atoms with Gasteiger partial charge in [0.2, 0.25) is 0 Å². The van der Waals surface area contributed by atoms with Crippen molar-refractivity contribution in [1.29, 1.82) is 0 Å². The number of benzene rings is 2. The Morgan fingerprint density at radius 1 is 1.12 bits per heavy atom. The molecular formula is C25H25FN2O4S. The fourth-order valence-corrected chi connectivity index (χ4v) is 4.54. The summed E-state index contributed by atoms with van der Waals surface area (Å²) in [5, 5.41) is 2.73. The average molecular weight is 469 g/mol. The van der Waals surface area contributed by atoms with Crippen molar-refractivity contribution < 1.29 is 23.4 Å². The fraction of sp³-hybridized carbons (Fsp3) is 0.280. The molecule has 0 saturated heterocycles. The SMILES string of the molecule is CCOC(=O)C1=C(C)N=C2SC=CN2[C@@H]1c1ccc(OCc2ccccc2F)c(OCC)c1. The number of halogens is 1. The summed E-state index contributed by atoms with van der Waals surface area (Å²) in [5.74, 6) is 0.301. The maximum Gasteiger partial charge on any atom is 0.338 e. The molecule has 2 aromatic rings. The highest BCUT2D eigenvalue weighted by molar-refractivity contribution is 8.16. The molecule has 0 spiro atoms. The predicted octanol–water partition coefficient (Wildman–Crippen LogP) is 5.57. The van der Waals surface area contributed by atoms with Crippen molar-refractivity contribution in [3.05, 3.63) is 82.3 Å². The van der Waals surface area contributed by atoms with Gasteiger partial charge in [0.1, 0.15) is 12.4 Å². The number of ether oxygens (including phenoxy) is 3. The first kappa shape index (κ1) is 22.9. The number of carbonyl (C=O) groups excluding carboxylic acids is 1. The van der Waals surface area contributed by atoms with Crippen molar-refractivity contribution >= 4 is 22.9 Å². The topological polar surface area (TPSA) is 60.4 Å². The molecular weight excluding hydrogens is 443 g/mol. The maximum atomic E-state index is 14.0. The number of esters is 1. The van der Waals surface area contributed by atoms with Crippen LogP contribution in [0.1, 0.15) is 37.9 Å². The van der Waals surface area contributed by atoms with Crippen LogP contribution in [0, 0.1) is 5.82 Å². The molecule has 0 radical (unpaired) electrons. The van der Waals surface area contributed by atoms with Crippen LogP contribution in [0.5, 0.6) is 11.5 Å². The van der Waals surface area contributed by atoms with E-state index in [-0.39, 0.29) is 19.0 Å². The summed E-state index contributed by atoms with van der Waals surface area (Å²) < 4.78 is 31.1. The largest absolute Gasteiger partial charge is 0.490 e. The van der Waals surface area contributed by atoms with Crippen LogP contribution in [0.25, 0.3) is 0 Å². The predicted molar refractivity (Wildman–Crippen MR) is 126 cm³/mol. The van der Waals surface area contributed by atoms with Gasteiger partial charge in [-0.15, -0.1) is 0 Å². The van der Waals surface area contributed by atoms with Crippen LogP contribution in [-0.2, 0) is 16.1 Å². The molecule has 0 unspecified atom stereocenters. The Morgan fingerprint density at radius 3 is 2.70 bits per heavy atom. The highest BCUT2D eigenvalue weighted by Gasteiger charge is 2.37. The van der Waals surface area contributed by atoms with E-state index < -0.39 is 12.0 Å². The summed E-state index contributed by atoms with van der Waals surface area (Å²) in [6.07, 6.45) is 1.91. The number of allylic oxidation sites excluding steroid dienone is 1. The minimum Gasteiger partial charge on any atom is -0.490 e. The van der Waals surface area contributed by atoms with Crippen molar-refractivity contribution in [3.63, 3.8) is 0 Å². The number of hydrogen-bond donors (Lipinski definition) is 0. The Kier molecular flexibility index (Phi) is 7.03. The summed E-state index contributed by atoms with van der Waals surface area (Å²) >= 11 is 1.50. The number of fused-ring (bicyclic) bond motifs is 1. The molecule has 6 nitrogen and oxygen atoms in total. The molecule has 8 heteroatoms. The van der Waals surface area contributed by atoms with Crippen LogP contribution < -0.4 is 9.47 Å². The van der Waals surface area contributed by atoms with E-state index in [0.29, 0.717) is 34.9 Å². The average Bonchev–Trinajstić information content (AvgIpc) is 3.26. The second-order valence-corrected chi connectivity index (χ2v) is 8.22. The molecule has 1 atom stereocenters. The number of nitrogens with zero attached hydrogens (tertiary/aromatic N) is 2. The second kappa shape index (κ2) is 10.1. The van der Waals surface area contributed by atoms with E-state index in [1.54, 1.807) is 31.2 Å². The lowest BCUT2D eigenvalue weighted by molar-refractivity contribution is -0.139. The smallest absolute Gasteiger partial charge is 0.338 e. The van der Waals surface area contributed by atoms with Gasteiger partial charge in [0.15, 0.2) is 16.7 Å². The van der Waals surface area contributed by atoms with Crippen molar-refractivity contribution in [2.75, 3.05) is 13.2 Å². The number of aliphatic imine (C=N–C) groups is 1. The van der Waals surface area contributed by atoms with Crippen molar-refractivity contribution in [1.82, 2.24) is 4.90 Å². The Bertz CT molecular complexity index is 1140. The molecule has 2 heterocycles. The van der Waals surface area contributed by atoms with Crippen molar-refractivity contribution in [3.8, 4) is 11.5 Å². The van der Waals surface area contributed by atoms with Gasteiger partial charge < -0.3 is 19.1 Å². The van der Waals surface area contributed by atoms with Gasteiger partial charge in [0, 0.05) is 11.8 Å². The lowest BCUT2D eigenvalue weighted by Gasteiger charge is -2.33. The number of thioether (sulfide) groups is 1. The monoisotopic (exact) mass is 468 g/mol. The third-order valence-corrected chi connectivity index (χ3v) is 6.01. The second-order valence-electron chi connectivity index (χ2n) is 7.35. The normalized spacial score (nSPS) is 17.0. The molecule has 2 aliphatic rings. The first-order valence-corrected chi connectivity index (χ1v) is 11.6. The Morgan fingerprint density at radius 2 is 1.94 bits per heavy atom. The summed E-state index contributed by atoms with van der Waals surface area (Å²) in [4.78, 5) is 19.4. The minimum absolute atomic E-state index is 0.0743. The summed E-state index contributed by atoms with van der Waals surface area (Å²) in [6.45, 7) is 6.25. The third-order valence-electron chi connectivity index (χ3n) is 5.24. The fourth-order valence-electron chi connectivity index (χ4n) is 3.75. The highest BCUT2D eigenvalue weighted by Crippen LogP contribution is 2.43. The molecule has 0 aromatic heterocycles. The van der Waals surface area contributed by atoms with E-state index in [0.717, 1.165) is 10.7 Å².